The van der Waals surface area contributed by atoms with Crippen LogP contribution in [0.3, 0.4) is 0 Å². The molecule has 3 aromatic carbocycles. The largest absolute Gasteiger partial charge is 0.371 e. The Labute approximate surface area is 193 Å². The van der Waals surface area contributed by atoms with Gasteiger partial charge in [0, 0.05) is 7.29 Å². The van der Waals surface area contributed by atoms with Crippen molar-refractivity contribution >= 4 is 0 Å². The van der Waals surface area contributed by atoms with E-state index >= 15 is 0 Å². The van der Waals surface area contributed by atoms with Gasteiger partial charge in [0.25, 0.3) is 0 Å². The first kappa shape index (κ1) is 13.8. The highest BCUT2D eigenvalue weighted by Gasteiger charge is 2.47. The monoisotopic (exact) mass is 423 g/mol. The van der Waals surface area contributed by atoms with Gasteiger partial charge < -0.3 is 18.9 Å². The second kappa shape index (κ2) is 9.75. The molecule has 0 spiro atoms. The Balaban J connectivity index is 1.53. The summed E-state index contributed by atoms with van der Waals surface area (Å²) in [5.74, 6) is -1.19. The lowest BCUT2D eigenvalue weighted by Gasteiger charge is -2.39. The predicted molar refractivity (Wildman–Crippen MR) is 118 cm³/mol. The molecule has 3 aliphatic rings. The SMILES string of the molecule is [2H]c1c([2H])c([2H])c([C@]2([2H])OC[C@H]3O[C@@H](OCc4ccccc4)[C@@H]2[C@@H]([2H])[C@@H]3OCc2ccccc2)c([2H])c1[2H]. The van der Waals surface area contributed by atoms with Gasteiger partial charge in [0.1, 0.15) is 6.10 Å². The summed E-state index contributed by atoms with van der Waals surface area (Å²) in [6, 6.07) is 16.0. The standard InChI is InChI=1S/C27H28O4/c1-4-10-20(11-5-1)17-28-24-16-23-26(22-14-8-3-9-15-22)29-19-25(24)31-27(23)30-18-21-12-6-2-7-13-21/h1-15,23-27H,16-19H2/t23-,24+,25-,26+,27-/m1/s1/i3D,8D,9D,14D,15D,16D,26D/t16-,23-,24+,25-,26+,27-. The van der Waals surface area contributed by atoms with Gasteiger partial charge in [-0.2, -0.15) is 0 Å². The van der Waals surface area contributed by atoms with Crippen molar-refractivity contribution in [1.82, 2.24) is 0 Å². The van der Waals surface area contributed by atoms with E-state index in [1.54, 1.807) is 0 Å². The molecule has 3 aliphatic heterocycles. The highest BCUT2D eigenvalue weighted by Crippen LogP contribution is 2.43. The Kier molecular flexibility index (Phi) is 4.35. The lowest BCUT2D eigenvalue weighted by Crippen LogP contribution is -2.46. The van der Waals surface area contributed by atoms with Gasteiger partial charge in [0.2, 0.25) is 0 Å². The van der Waals surface area contributed by atoms with Crippen molar-refractivity contribution in [1.29, 1.82) is 0 Å². The van der Waals surface area contributed by atoms with Crippen LogP contribution in [-0.4, -0.2) is 25.1 Å². The zero-order valence-electron chi connectivity index (χ0n) is 23.9. The van der Waals surface area contributed by atoms with Crippen LogP contribution >= 0.6 is 0 Å². The molecule has 6 atom stereocenters. The molecule has 0 aliphatic carbocycles. The maximum atomic E-state index is 9.44. The van der Waals surface area contributed by atoms with Gasteiger partial charge in [-0.25, -0.2) is 0 Å². The zero-order chi connectivity index (χ0) is 27.0. The fourth-order valence-corrected chi connectivity index (χ4v) is 3.80. The Hall–Kier alpha value is -2.50. The van der Waals surface area contributed by atoms with Crippen LogP contribution in [0, 0.1) is 5.92 Å². The summed E-state index contributed by atoms with van der Waals surface area (Å²) in [7, 11) is 0. The van der Waals surface area contributed by atoms with Crippen molar-refractivity contribution in [3.8, 4) is 0 Å². The molecule has 3 saturated heterocycles. The molecule has 0 amide bonds. The third-order valence-electron chi connectivity index (χ3n) is 5.36. The first-order chi connectivity index (χ1) is 18.2. The molecule has 4 heteroatoms. The van der Waals surface area contributed by atoms with Gasteiger partial charge in [-0.3, -0.25) is 0 Å². The molecule has 4 nitrogen and oxygen atoms in total. The zero-order valence-corrected chi connectivity index (χ0v) is 16.9. The van der Waals surface area contributed by atoms with Gasteiger partial charge in [0.15, 0.2) is 6.29 Å². The minimum absolute atomic E-state index is 0.133. The van der Waals surface area contributed by atoms with Crippen molar-refractivity contribution in [3.63, 3.8) is 0 Å². The maximum absolute atomic E-state index is 9.44. The van der Waals surface area contributed by atoms with E-state index in [1.807, 2.05) is 60.7 Å². The minimum Gasteiger partial charge on any atom is -0.371 e. The molecule has 3 aromatic rings. The van der Waals surface area contributed by atoms with Gasteiger partial charge in [-0.15, -0.1) is 0 Å². The molecule has 3 fully saturated rings. The minimum atomic E-state index is -2.22. The lowest BCUT2D eigenvalue weighted by atomic mass is 9.87. The Morgan fingerprint density at radius 1 is 0.903 bits per heavy atom. The number of fused-ring (bicyclic) bond motifs is 4. The highest BCUT2D eigenvalue weighted by molar-refractivity contribution is 5.20. The lowest BCUT2D eigenvalue weighted by molar-refractivity contribution is -0.253. The van der Waals surface area contributed by atoms with E-state index in [2.05, 4.69) is 0 Å². The van der Waals surface area contributed by atoms with Gasteiger partial charge >= 0.3 is 0 Å². The predicted octanol–water partition coefficient (Wildman–Crippen LogP) is 5.29. The van der Waals surface area contributed by atoms with E-state index in [9.17, 15) is 2.74 Å². The third kappa shape index (κ3) is 4.89. The fourth-order valence-electron chi connectivity index (χ4n) is 3.80. The highest BCUT2D eigenvalue weighted by atomic mass is 16.7. The number of rotatable bonds is 7. The summed E-state index contributed by atoms with van der Waals surface area (Å²) in [5, 5.41) is 0. The average molecular weight is 424 g/mol. The van der Waals surface area contributed by atoms with Crippen LogP contribution in [0.4, 0.5) is 0 Å². The molecule has 160 valence electrons. The second-order valence-corrected chi connectivity index (χ2v) is 7.49. The van der Waals surface area contributed by atoms with Crippen molar-refractivity contribution in [3.05, 3.63) is 108 Å². The summed E-state index contributed by atoms with van der Waals surface area (Å²) >= 11 is 0. The van der Waals surface area contributed by atoms with E-state index in [0.29, 0.717) is 0 Å². The molecule has 0 unspecified atom stereocenters. The summed E-state index contributed by atoms with van der Waals surface area (Å²) < 4.78 is 84.4. The maximum Gasteiger partial charge on any atom is 0.164 e. The summed E-state index contributed by atoms with van der Waals surface area (Å²) in [6.07, 6.45) is -6.02. The molecule has 6 rings (SSSR count). The fraction of sp³-hybridized carbons (Fsp3) is 0.333. The van der Waals surface area contributed by atoms with Gasteiger partial charge in [-0.05, 0) is 23.1 Å². The molecule has 0 saturated carbocycles. The third-order valence-corrected chi connectivity index (χ3v) is 5.36. The van der Waals surface area contributed by atoms with Crippen LogP contribution in [0.5, 0.6) is 0 Å². The molecule has 2 bridgehead atoms. The van der Waals surface area contributed by atoms with Crippen LogP contribution < -0.4 is 0 Å². The van der Waals surface area contributed by atoms with Crippen molar-refractivity contribution in [2.45, 2.75) is 44.2 Å². The topological polar surface area (TPSA) is 36.9 Å². The molecule has 0 aromatic heterocycles. The van der Waals surface area contributed by atoms with Crippen molar-refractivity contribution < 1.29 is 28.5 Å². The number of ether oxygens (including phenoxy) is 4. The first-order valence-corrected chi connectivity index (χ1v) is 10.3. The molecule has 3 heterocycles. The van der Waals surface area contributed by atoms with E-state index < -0.39 is 67.1 Å². The van der Waals surface area contributed by atoms with Gasteiger partial charge in [-0.1, -0.05) is 90.9 Å². The smallest absolute Gasteiger partial charge is 0.164 e. The molecular weight excluding hydrogens is 388 g/mol. The Morgan fingerprint density at radius 3 is 2.23 bits per heavy atom. The van der Waals surface area contributed by atoms with E-state index in [-0.39, 0.29) is 25.4 Å². The number of hydrogen-bond acceptors (Lipinski definition) is 4. The summed E-state index contributed by atoms with van der Waals surface area (Å²) in [6.45, 7) is 0.165. The summed E-state index contributed by atoms with van der Waals surface area (Å²) in [5.41, 5.74) is 1.42. The number of hydrogen-bond donors (Lipinski definition) is 0. The second-order valence-electron chi connectivity index (χ2n) is 7.49. The van der Waals surface area contributed by atoms with Crippen LogP contribution in [0.1, 0.15) is 38.8 Å². The van der Waals surface area contributed by atoms with E-state index in [0.717, 1.165) is 11.1 Å². The molecule has 0 N–H and O–H groups in total. The normalized spacial score (nSPS) is 35.6. The number of benzene rings is 3. The van der Waals surface area contributed by atoms with Gasteiger partial charge in [0.05, 0.1) is 40.2 Å². The van der Waals surface area contributed by atoms with Crippen LogP contribution in [0.2, 0.25) is 0 Å². The van der Waals surface area contributed by atoms with Crippen LogP contribution in [0.25, 0.3) is 0 Å². The Morgan fingerprint density at radius 2 is 1.55 bits per heavy atom. The summed E-state index contributed by atoms with van der Waals surface area (Å²) in [4.78, 5) is 0. The first-order valence-electron chi connectivity index (χ1n) is 13.9. The van der Waals surface area contributed by atoms with E-state index in [4.69, 9.17) is 25.8 Å². The quantitative estimate of drug-likeness (QED) is 0.517. The Bertz CT molecular complexity index is 1250. The molecule has 31 heavy (non-hydrogen) atoms. The van der Waals surface area contributed by atoms with E-state index in [1.165, 1.54) is 0 Å². The van der Waals surface area contributed by atoms with Crippen LogP contribution in [-0.2, 0) is 32.2 Å². The molecule has 0 radical (unpaired) electrons. The van der Waals surface area contributed by atoms with Crippen molar-refractivity contribution in [2.24, 2.45) is 5.92 Å². The average Bonchev–Trinajstić information content (AvgIpc) is 3.13. The van der Waals surface area contributed by atoms with Crippen molar-refractivity contribution in [2.75, 3.05) is 6.61 Å². The van der Waals surface area contributed by atoms with Crippen LogP contribution in [0.15, 0.2) is 90.9 Å². The molecular formula is C27H28O4.